The van der Waals surface area contributed by atoms with Crippen molar-refractivity contribution in [1.29, 1.82) is 0 Å². The average molecular weight is 300 g/mol. The minimum Gasteiger partial charge on any atom is -0.361 e. The molecule has 3 aromatic rings. The number of aromatic nitrogens is 4. The molecule has 22 heavy (non-hydrogen) atoms. The van der Waals surface area contributed by atoms with Crippen LogP contribution >= 0.6 is 0 Å². The number of hydrogen-bond acceptors (Lipinski definition) is 4. The molecule has 0 atom stereocenters. The number of nitrogens with zero attached hydrogens (tertiary/aromatic N) is 3. The maximum atomic E-state index is 12.2. The van der Waals surface area contributed by atoms with Gasteiger partial charge >= 0.3 is 0 Å². The Morgan fingerprint density at radius 2 is 2.00 bits per heavy atom. The van der Waals surface area contributed by atoms with Crippen LogP contribution in [0.25, 0.3) is 5.65 Å². The van der Waals surface area contributed by atoms with Crippen LogP contribution in [0, 0.1) is 20.8 Å². The topological polar surface area (TPSA) is 76.2 Å². The minimum absolute atomic E-state index is 0.0680. The summed E-state index contributed by atoms with van der Waals surface area (Å²) in [5.74, 6) is 0.835. The van der Waals surface area contributed by atoms with E-state index in [4.69, 9.17) is 4.52 Å². The average Bonchev–Trinajstić information content (AvgIpc) is 2.97. The van der Waals surface area contributed by atoms with Crippen LogP contribution in [0.1, 0.15) is 40.9 Å². The molecule has 0 aliphatic heterocycles. The molecule has 0 saturated carbocycles. The van der Waals surface area contributed by atoms with E-state index in [1.165, 1.54) is 4.52 Å². The third-order valence-corrected chi connectivity index (χ3v) is 4.14. The second kappa shape index (κ2) is 5.44. The Hall–Kier alpha value is -2.37. The summed E-state index contributed by atoms with van der Waals surface area (Å²) in [7, 11) is 0. The van der Waals surface area contributed by atoms with Gasteiger partial charge < -0.3 is 4.52 Å². The second-order valence-electron chi connectivity index (χ2n) is 5.62. The highest BCUT2D eigenvalue weighted by Crippen LogP contribution is 2.16. The van der Waals surface area contributed by atoms with Crippen molar-refractivity contribution in [2.45, 2.75) is 47.0 Å². The maximum absolute atomic E-state index is 12.2. The lowest BCUT2D eigenvalue weighted by Gasteiger charge is -2.02. The van der Waals surface area contributed by atoms with Gasteiger partial charge in [0.15, 0.2) is 5.65 Å². The van der Waals surface area contributed by atoms with E-state index in [1.54, 1.807) is 6.07 Å². The summed E-state index contributed by atoms with van der Waals surface area (Å²) in [5.41, 5.74) is 5.57. The Morgan fingerprint density at radius 1 is 1.23 bits per heavy atom. The van der Waals surface area contributed by atoms with Crippen LogP contribution in [0.15, 0.2) is 15.4 Å². The van der Waals surface area contributed by atoms with Gasteiger partial charge in [0, 0.05) is 28.6 Å². The quantitative estimate of drug-likeness (QED) is 0.802. The number of aryl methyl sites for hydroxylation is 5. The zero-order valence-corrected chi connectivity index (χ0v) is 13.4. The lowest BCUT2D eigenvalue weighted by Crippen LogP contribution is -2.16. The summed E-state index contributed by atoms with van der Waals surface area (Å²) < 4.78 is 6.70. The van der Waals surface area contributed by atoms with Crippen LogP contribution in [-0.4, -0.2) is 19.8 Å². The van der Waals surface area contributed by atoms with Gasteiger partial charge in [0.1, 0.15) is 5.76 Å². The van der Waals surface area contributed by atoms with Gasteiger partial charge in [0.05, 0.1) is 5.69 Å². The third kappa shape index (κ3) is 2.34. The highest BCUT2D eigenvalue weighted by atomic mass is 16.5. The molecule has 0 aromatic carbocycles. The van der Waals surface area contributed by atoms with E-state index in [1.807, 2.05) is 20.8 Å². The first kappa shape index (κ1) is 14.6. The number of aromatic amines is 1. The normalized spacial score (nSPS) is 11.5. The molecule has 0 saturated heterocycles. The van der Waals surface area contributed by atoms with E-state index in [0.29, 0.717) is 6.42 Å². The molecular weight excluding hydrogens is 280 g/mol. The Bertz CT molecular complexity index is 866. The molecule has 0 amide bonds. The van der Waals surface area contributed by atoms with Gasteiger partial charge in [-0.2, -0.15) is 0 Å². The van der Waals surface area contributed by atoms with Crippen molar-refractivity contribution in [1.82, 2.24) is 19.8 Å². The van der Waals surface area contributed by atoms with Gasteiger partial charge in [-0.3, -0.25) is 9.89 Å². The van der Waals surface area contributed by atoms with Gasteiger partial charge in [-0.25, -0.2) is 9.50 Å². The molecule has 6 nitrogen and oxygen atoms in total. The van der Waals surface area contributed by atoms with E-state index in [9.17, 15) is 4.79 Å². The van der Waals surface area contributed by atoms with E-state index in [0.717, 1.165) is 52.5 Å². The van der Waals surface area contributed by atoms with Crippen LogP contribution in [0.4, 0.5) is 0 Å². The first-order valence-corrected chi connectivity index (χ1v) is 7.53. The molecular formula is C16H20N4O2. The summed E-state index contributed by atoms with van der Waals surface area (Å²) in [6, 6.07) is 1.60. The van der Waals surface area contributed by atoms with Crippen molar-refractivity contribution >= 4 is 5.65 Å². The first-order valence-electron chi connectivity index (χ1n) is 7.53. The minimum atomic E-state index is -0.0680. The van der Waals surface area contributed by atoms with E-state index < -0.39 is 0 Å². The molecule has 0 bridgehead atoms. The summed E-state index contributed by atoms with van der Waals surface area (Å²) in [6.45, 7) is 7.88. The molecule has 0 aliphatic rings. The zero-order valence-electron chi connectivity index (χ0n) is 13.4. The Labute approximate surface area is 128 Å². The van der Waals surface area contributed by atoms with Crippen LogP contribution < -0.4 is 5.56 Å². The highest BCUT2D eigenvalue weighted by Gasteiger charge is 2.13. The first-order chi connectivity index (χ1) is 10.5. The molecule has 0 aliphatic carbocycles. The molecule has 6 heteroatoms. The molecule has 0 spiro atoms. The lowest BCUT2D eigenvalue weighted by atomic mass is 10.1. The molecule has 0 unspecified atom stereocenters. The second-order valence-corrected chi connectivity index (χ2v) is 5.62. The summed E-state index contributed by atoms with van der Waals surface area (Å²) in [4.78, 5) is 16.9. The molecule has 1 N–H and O–H groups in total. The molecule has 0 radical (unpaired) electrons. The van der Waals surface area contributed by atoms with E-state index in [2.05, 4.69) is 22.2 Å². The molecule has 3 rings (SSSR count). The standard InChI is InChI=1S/C16H20N4O2/c1-5-13-9(2)18-20-15(21)8-12(17-16(13)20)6-7-14-10(3)19-22-11(14)4/h8,18H,5-7H2,1-4H3. The Morgan fingerprint density at radius 3 is 2.64 bits per heavy atom. The Balaban J connectivity index is 1.96. The Kier molecular flexibility index (Phi) is 3.60. The fraction of sp³-hybridized carbons (Fsp3) is 0.438. The largest absolute Gasteiger partial charge is 0.361 e. The predicted octanol–water partition coefficient (Wildman–Crippen LogP) is 2.28. The van der Waals surface area contributed by atoms with Gasteiger partial charge in [0.25, 0.3) is 5.56 Å². The van der Waals surface area contributed by atoms with Crippen molar-refractivity contribution in [2.75, 3.05) is 0 Å². The van der Waals surface area contributed by atoms with Gasteiger partial charge in [-0.05, 0) is 40.0 Å². The molecule has 3 heterocycles. The number of rotatable bonds is 4. The van der Waals surface area contributed by atoms with Crippen molar-refractivity contribution in [3.63, 3.8) is 0 Å². The smallest absolute Gasteiger partial charge is 0.272 e. The van der Waals surface area contributed by atoms with Crippen molar-refractivity contribution in [2.24, 2.45) is 0 Å². The van der Waals surface area contributed by atoms with Crippen LogP contribution in [0.5, 0.6) is 0 Å². The van der Waals surface area contributed by atoms with Crippen molar-refractivity contribution in [3.05, 3.63) is 50.4 Å². The monoisotopic (exact) mass is 300 g/mol. The van der Waals surface area contributed by atoms with Gasteiger partial charge in [-0.15, -0.1) is 0 Å². The summed E-state index contributed by atoms with van der Waals surface area (Å²) in [5, 5.41) is 7.04. The van der Waals surface area contributed by atoms with Crippen LogP contribution in [-0.2, 0) is 19.3 Å². The fourth-order valence-electron chi connectivity index (χ4n) is 2.91. The highest BCUT2D eigenvalue weighted by molar-refractivity contribution is 5.50. The molecule has 116 valence electrons. The fourth-order valence-corrected chi connectivity index (χ4v) is 2.91. The van der Waals surface area contributed by atoms with Crippen molar-refractivity contribution in [3.8, 4) is 0 Å². The molecule has 3 aromatic heterocycles. The van der Waals surface area contributed by atoms with E-state index in [-0.39, 0.29) is 5.56 Å². The van der Waals surface area contributed by atoms with E-state index >= 15 is 0 Å². The zero-order chi connectivity index (χ0) is 15.9. The summed E-state index contributed by atoms with van der Waals surface area (Å²) in [6.07, 6.45) is 2.31. The number of hydrogen-bond donors (Lipinski definition) is 1. The lowest BCUT2D eigenvalue weighted by molar-refractivity contribution is 0.392. The number of nitrogens with one attached hydrogen (secondary N) is 1. The van der Waals surface area contributed by atoms with Gasteiger partial charge in [-0.1, -0.05) is 12.1 Å². The predicted molar refractivity (Wildman–Crippen MR) is 83.3 cm³/mol. The number of H-pyrrole nitrogens is 1. The van der Waals surface area contributed by atoms with Crippen molar-refractivity contribution < 1.29 is 4.52 Å². The molecule has 0 fully saturated rings. The number of fused-ring (bicyclic) bond motifs is 1. The van der Waals surface area contributed by atoms with Crippen LogP contribution in [0.3, 0.4) is 0 Å². The maximum Gasteiger partial charge on any atom is 0.272 e. The van der Waals surface area contributed by atoms with Crippen LogP contribution in [0.2, 0.25) is 0 Å². The van der Waals surface area contributed by atoms with Gasteiger partial charge in [0.2, 0.25) is 0 Å². The SMILES string of the molecule is CCc1c(C)[nH]n2c(=O)cc(CCc3c(C)noc3C)nc12. The summed E-state index contributed by atoms with van der Waals surface area (Å²) >= 11 is 0. The third-order valence-electron chi connectivity index (χ3n) is 4.14.